The molecular formula is C22H23N3O2. The van der Waals surface area contributed by atoms with Crippen LogP contribution in [0, 0.1) is 6.92 Å². The maximum Gasteiger partial charge on any atom is 0.243 e. The Labute approximate surface area is 158 Å². The molecule has 138 valence electrons. The van der Waals surface area contributed by atoms with Crippen LogP contribution in [0.3, 0.4) is 0 Å². The van der Waals surface area contributed by atoms with Crippen molar-refractivity contribution in [2.45, 2.75) is 38.9 Å². The second-order valence-corrected chi connectivity index (χ2v) is 7.14. The topological polar surface area (TPSA) is 65.2 Å². The minimum Gasteiger partial charge on any atom is -0.361 e. The van der Waals surface area contributed by atoms with E-state index in [0.29, 0.717) is 25.9 Å². The molecule has 1 unspecified atom stereocenters. The number of aromatic amines is 1. The lowest BCUT2D eigenvalue weighted by atomic mass is 10.1. The summed E-state index contributed by atoms with van der Waals surface area (Å²) in [4.78, 5) is 30.1. The van der Waals surface area contributed by atoms with Crippen LogP contribution in [0.15, 0.2) is 54.7 Å². The number of carbonyl (C=O) groups excluding carboxylic acids is 2. The highest BCUT2D eigenvalue weighted by Crippen LogP contribution is 2.25. The Hall–Kier alpha value is -3.08. The maximum atomic E-state index is 12.7. The summed E-state index contributed by atoms with van der Waals surface area (Å²) in [6.07, 6.45) is 2.92. The van der Waals surface area contributed by atoms with Crippen LogP contribution < -0.4 is 5.32 Å². The van der Waals surface area contributed by atoms with Gasteiger partial charge in [-0.25, -0.2) is 0 Å². The number of nitrogens with zero attached hydrogens (tertiary/aromatic N) is 1. The van der Waals surface area contributed by atoms with Crippen molar-refractivity contribution in [3.8, 4) is 0 Å². The number of nitrogens with one attached hydrogen (secondary N) is 2. The van der Waals surface area contributed by atoms with E-state index in [4.69, 9.17) is 0 Å². The Bertz CT molecular complexity index is 992. The highest BCUT2D eigenvalue weighted by atomic mass is 16.2. The van der Waals surface area contributed by atoms with Gasteiger partial charge in [0, 0.05) is 36.6 Å². The van der Waals surface area contributed by atoms with Gasteiger partial charge in [-0.2, -0.15) is 0 Å². The first-order valence-electron chi connectivity index (χ1n) is 9.29. The number of rotatable bonds is 5. The van der Waals surface area contributed by atoms with Crippen LogP contribution in [0.5, 0.6) is 0 Å². The van der Waals surface area contributed by atoms with Crippen LogP contribution in [0.4, 0.5) is 0 Å². The van der Waals surface area contributed by atoms with Gasteiger partial charge in [0.2, 0.25) is 11.8 Å². The lowest BCUT2D eigenvalue weighted by Gasteiger charge is -2.24. The number of carbonyl (C=O) groups is 2. The first-order valence-corrected chi connectivity index (χ1v) is 9.29. The fraction of sp³-hybridized carbons (Fsp3) is 0.273. The third kappa shape index (κ3) is 3.58. The number of likely N-dealkylation sites (tertiary alicyclic amines) is 1. The van der Waals surface area contributed by atoms with Crippen molar-refractivity contribution in [1.82, 2.24) is 15.2 Å². The fourth-order valence-corrected chi connectivity index (χ4v) is 3.78. The van der Waals surface area contributed by atoms with Crippen molar-refractivity contribution in [2.75, 3.05) is 0 Å². The SMILES string of the molecule is Cc1cccc(CNC(=O)C2CCC(=O)N2Cc2c[nH]c3ccccc23)c1. The fourth-order valence-electron chi connectivity index (χ4n) is 3.78. The van der Waals surface area contributed by atoms with Crippen molar-refractivity contribution in [1.29, 1.82) is 0 Å². The van der Waals surface area contributed by atoms with Crippen molar-refractivity contribution in [2.24, 2.45) is 0 Å². The maximum absolute atomic E-state index is 12.7. The smallest absolute Gasteiger partial charge is 0.243 e. The van der Waals surface area contributed by atoms with Crippen molar-refractivity contribution < 1.29 is 9.59 Å². The van der Waals surface area contributed by atoms with Gasteiger partial charge < -0.3 is 15.2 Å². The van der Waals surface area contributed by atoms with E-state index in [1.165, 1.54) is 5.56 Å². The number of H-pyrrole nitrogens is 1. The third-order valence-electron chi connectivity index (χ3n) is 5.20. The van der Waals surface area contributed by atoms with Crippen LogP contribution in [0.1, 0.15) is 29.5 Å². The van der Waals surface area contributed by atoms with E-state index >= 15 is 0 Å². The first-order chi connectivity index (χ1) is 13.1. The molecule has 0 aliphatic carbocycles. The van der Waals surface area contributed by atoms with E-state index in [-0.39, 0.29) is 11.8 Å². The summed E-state index contributed by atoms with van der Waals surface area (Å²) >= 11 is 0. The standard InChI is InChI=1S/C22H23N3O2/c1-15-5-4-6-16(11-15)12-24-22(27)20-9-10-21(26)25(20)14-17-13-23-19-8-3-2-7-18(17)19/h2-8,11,13,20,23H,9-10,12,14H2,1H3,(H,24,27). The number of amides is 2. The Balaban J connectivity index is 1.46. The summed E-state index contributed by atoms with van der Waals surface area (Å²) in [6.45, 7) is 2.96. The molecule has 1 aromatic heterocycles. The van der Waals surface area contributed by atoms with Crippen LogP contribution in [-0.4, -0.2) is 27.7 Å². The number of hydrogen-bond donors (Lipinski definition) is 2. The minimum absolute atomic E-state index is 0.0380. The second-order valence-electron chi connectivity index (χ2n) is 7.14. The summed E-state index contributed by atoms with van der Waals surface area (Å²) in [5.41, 5.74) is 4.31. The molecule has 0 bridgehead atoms. The van der Waals surface area contributed by atoms with Crippen LogP contribution >= 0.6 is 0 Å². The molecule has 2 aromatic carbocycles. The molecule has 1 aliphatic heterocycles. The number of fused-ring (bicyclic) bond motifs is 1. The quantitative estimate of drug-likeness (QED) is 0.732. The summed E-state index contributed by atoms with van der Waals surface area (Å²) in [5, 5.41) is 4.09. The summed E-state index contributed by atoms with van der Waals surface area (Å²) in [5.74, 6) is -0.0433. The zero-order chi connectivity index (χ0) is 18.8. The van der Waals surface area contributed by atoms with Crippen molar-refractivity contribution >= 4 is 22.7 Å². The van der Waals surface area contributed by atoms with Gasteiger partial charge in [-0.3, -0.25) is 9.59 Å². The van der Waals surface area contributed by atoms with E-state index < -0.39 is 6.04 Å². The molecule has 4 rings (SSSR count). The molecular weight excluding hydrogens is 338 g/mol. The molecule has 2 heterocycles. The number of aromatic nitrogens is 1. The molecule has 1 aliphatic rings. The van der Waals surface area contributed by atoms with Gasteiger partial charge in [0.25, 0.3) is 0 Å². The van der Waals surface area contributed by atoms with Gasteiger partial charge in [0.05, 0.1) is 0 Å². The lowest BCUT2D eigenvalue weighted by molar-refractivity contribution is -0.135. The molecule has 2 amide bonds. The van der Waals surface area contributed by atoms with E-state index in [1.54, 1.807) is 4.90 Å². The van der Waals surface area contributed by atoms with E-state index in [1.807, 2.05) is 55.6 Å². The van der Waals surface area contributed by atoms with E-state index in [2.05, 4.69) is 16.4 Å². The predicted octanol–water partition coefficient (Wildman–Crippen LogP) is 3.28. The van der Waals surface area contributed by atoms with Gasteiger partial charge >= 0.3 is 0 Å². The monoisotopic (exact) mass is 361 g/mol. The van der Waals surface area contributed by atoms with Crippen LogP contribution in [-0.2, 0) is 22.7 Å². The summed E-state index contributed by atoms with van der Waals surface area (Å²) in [6, 6.07) is 15.7. The summed E-state index contributed by atoms with van der Waals surface area (Å²) in [7, 11) is 0. The summed E-state index contributed by atoms with van der Waals surface area (Å²) < 4.78 is 0. The van der Waals surface area contributed by atoms with Crippen LogP contribution in [0.2, 0.25) is 0 Å². The third-order valence-corrected chi connectivity index (χ3v) is 5.20. The second kappa shape index (κ2) is 7.27. The molecule has 0 radical (unpaired) electrons. The highest BCUT2D eigenvalue weighted by Gasteiger charge is 2.36. The average Bonchev–Trinajstić information content (AvgIpc) is 3.25. The molecule has 1 atom stereocenters. The molecule has 0 spiro atoms. The molecule has 5 heteroatoms. The Morgan fingerprint density at radius 1 is 1.22 bits per heavy atom. The molecule has 2 N–H and O–H groups in total. The Morgan fingerprint density at radius 2 is 2.07 bits per heavy atom. The molecule has 1 fully saturated rings. The Kier molecular flexibility index (Phi) is 4.67. The molecule has 5 nitrogen and oxygen atoms in total. The number of aryl methyl sites for hydroxylation is 1. The van der Waals surface area contributed by atoms with Crippen LogP contribution in [0.25, 0.3) is 10.9 Å². The predicted molar refractivity (Wildman–Crippen MR) is 105 cm³/mol. The zero-order valence-electron chi connectivity index (χ0n) is 15.4. The first kappa shape index (κ1) is 17.3. The largest absolute Gasteiger partial charge is 0.361 e. The minimum atomic E-state index is -0.407. The van der Waals surface area contributed by atoms with E-state index in [0.717, 1.165) is 22.0 Å². The van der Waals surface area contributed by atoms with Gasteiger partial charge in [0.15, 0.2) is 0 Å². The van der Waals surface area contributed by atoms with Gasteiger partial charge in [0.1, 0.15) is 6.04 Å². The zero-order valence-corrected chi connectivity index (χ0v) is 15.4. The molecule has 27 heavy (non-hydrogen) atoms. The van der Waals surface area contributed by atoms with Gasteiger partial charge in [-0.1, -0.05) is 48.0 Å². The highest BCUT2D eigenvalue weighted by molar-refractivity contribution is 5.91. The number of hydrogen-bond acceptors (Lipinski definition) is 2. The molecule has 3 aromatic rings. The van der Waals surface area contributed by atoms with Crippen molar-refractivity contribution in [3.63, 3.8) is 0 Å². The van der Waals surface area contributed by atoms with Gasteiger partial charge in [-0.05, 0) is 30.5 Å². The Morgan fingerprint density at radius 3 is 2.93 bits per heavy atom. The average molecular weight is 361 g/mol. The molecule has 1 saturated heterocycles. The normalized spacial score (nSPS) is 16.9. The van der Waals surface area contributed by atoms with E-state index in [9.17, 15) is 9.59 Å². The lowest BCUT2D eigenvalue weighted by Crippen LogP contribution is -2.44. The van der Waals surface area contributed by atoms with Crippen molar-refractivity contribution in [3.05, 3.63) is 71.4 Å². The molecule has 0 saturated carbocycles. The number of benzene rings is 2. The number of para-hydroxylation sites is 1. The van der Waals surface area contributed by atoms with Gasteiger partial charge in [-0.15, -0.1) is 0 Å².